The minimum absolute atomic E-state index is 0.0702. The summed E-state index contributed by atoms with van der Waals surface area (Å²) in [6.07, 6.45) is 0.502. The molecule has 0 fully saturated rings. The van der Waals surface area contributed by atoms with Gasteiger partial charge in [-0.3, -0.25) is 4.79 Å². The molecule has 1 aromatic rings. The number of ether oxygens (including phenoxy) is 3. The van der Waals surface area contributed by atoms with Crippen molar-refractivity contribution < 1.29 is 33.4 Å². The van der Waals surface area contributed by atoms with Gasteiger partial charge in [0.25, 0.3) is 0 Å². The number of rotatable bonds is 7. The molecule has 1 atom stereocenters. The third-order valence-corrected chi connectivity index (χ3v) is 2.85. The van der Waals surface area contributed by atoms with Gasteiger partial charge in [-0.15, -0.1) is 0 Å². The van der Waals surface area contributed by atoms with Crippen LogP contribution in [0.25, 0.3) is 0 Å². The first-order chi connectivity index (χ1) is 11.5. The number of benzene rings is 1. The molecule has 0 aromatic heterocycles. The summed E-state index contributed by atoms with van der Waals surface area (Å²) in [6, 6.07) is 8.76. The molecule has 0 spiro atoms. The molecular weight excluding hydrogens is 316 g/mol. The van der Waals surface area contributed by atoms with Crippen LogP contribution in [0.2, 0.25) is 0 Å². The Morgan fingerprint density at radius 2 is 1.67 bits per heavy atom. The van der Waals surface area contributed by atoms with Gasteiger partial charge in [-0.05, 0) is 12.0 Å². The van der Waals surface area contributed by atoms with E-state index in [1.807, 2.05) is 0 Å². The van der Waals surface area contributed by atoms with Crippen molar-refractivity contribution in [3.63, 3.8) is 0 Å². The molecule has 1 aromatic carbocycles. The maximum Gasteiger partial charge on any atom is 0.355 e. The van der Waals surface area contributed by atoms with E-state index in [1.165, 1.54) is 0 Å². The van der Waals surface area contributed by atoms with E-state index >= 15 is 0 Å². The van der Waals surface area contributed by atoms with Crippen LogP contribution in [0.3, 0.4) is 0 Å². The van der Waals surface area contributed by atoms with Gasteiger partial charge >= 0.3 is 23.9 Å². The lowest BCUT2D eigenvalue weighted by molar-refractivity contribution is -0.172. The van der Waals surface area contributed by atoms with Crippen LogP contribution < -0.4 is 0 Å². The second kappa shape index (κ2) is 9.94. The summed E-state index contributed by atoms with van der Waals surface area (Å²) in [5.41, 5.74) is 0.696. The van der Waals surface area contributed by atoms with Gasteiger partial charge in [-0.25, -0.2) is 14.4 Å². The Bertz CT molecular complexity index is 619. The minimum atomic E-state index is -1.24. The van der Waals surface area contributed by atoms with Gasteiger partial charge in [0, 0.05) is 12.2 Å². The van der Waals surface area contributed by atoms with E-state index in [1.54, 1.807) is 37.3 Å². The van der Waals surface area contributed by atoms with Crippen LogP contribution in [-0.2, 0) is 39.8 Å². The molecule has 0 aliphatic carbocycles. The number of esters is 4. The smallest absolute Gasteiger partial charge is 0.355 e. The van der Waals surface area contributed by atoms with E-state index in [0.717, 1.165) is 19.3 Å². The normalized spacial score (nSPS) is 11.6. The SMILES string of the molecule is CCC(OC(=O)/C=C/C(=O)OC)C(=O)OC(=O)Cc1ccccc1. The topological polar surface area (TPSA) is 96.0 Å². The number of hydrogen-bond donors (Lipinski definition) is 0. The van der Waals surface area contributed by atoms with E-state index in [9.17, 15) is 19.2 Å². The lowest BCUT2D eigenvalue weighted by atomic mass is 10.1. The van der Waals surface area contributed by atoms with Crippen molar-refractivity contribution in [2.45, 2.75) is 25.9 Å². The molecule has 0 amide bonds. The molecule has 1 unspecified atom stereocenters. The molecule has 0 bridgehead atoms. The number of carbonyl (C=O) groups is 4. The maximum atomic E-state index is 11.9. The lowest BCUT2D eigenvalue weighted by Gasteiger charge is -2.13. The molecule has 0 saturated carbocycles. The molecule has 24 heavy (non-hydrogen) atoms. The Morgan fingerprint density at radius 3 is 2.25 bits per heavy atom. The third kappa shape index (κ3) is 6.87. The van der Waals surface area contributed by atoms with Crippen molar-refractivity contribution in [1.82, 2.24) is 0 Å². The zero-order valence-corrected chi connectivity index (χ0v) is 13.4. The standard InChI is InChI=1S/C17H18O7/c1-3-13(23-15(19)10-9-14(18)22-2)17(21)24-16(20)11-12-7-5-4-6-8-12/h4-10,13H,3,11H2,1-2H3/b10-9+. The second-order valence-corrected chi connectivity index (χ2v) is 4.65. The molecular formula is C17H18O7. The van der Waals surface area contributed by atoms with Crippen molar-refractivity contribution in [1.29, 1.82) is 0 Å². The average molecular weight is 334 g/mol. The fourth-order valence-corrected chi connectivity index (χ4v) is 1.66. The van der Waals surface area contributed by atoms with Gasteiger partial charge in [-0.2, -0.15) is 0 Å². The molecule has 0 N–H and O–H groups in total. The van der Waals surface area contributed by atoms with Gasteiger partial charge in [0.05, 0.1) is 13.5 Å². The average Bonchev–Trinajstić information content (AvgIpc) is 2.58. The molecule has 7 heteroatoms. The summed E-state index contributed by atoms with van der Waals surface area (Å²) in [5, 5.41) is 0. The predicted octanol–water partition coefficient (Wildman–Crippen LogP) is 1.35. The summed E-state index contributed by atoms with van der Waals surface area (Å²) < 4.78 is 13.9. The largest absolute Gasteiger partial charge is 0.466 e. The first kappa shape index (κ1) is 19.1. The molecule has 128 valence electrons. The molecule has 0 aliphatic heterocycles. The van der Waals surface area contributed by atoms with Crippen molar-refractivity contribution in [3.8, 4) is 0 Å². The predicted molar refractivity (Wildman–Crippen MR) is 82.6 cm³/mol. The summed E-state index contributed by atoms with van der Waals surface area (Å²) in [6.45, 7) is 1.59. The number of carbonyl (C=O) groups excluding carboxylic acids is 4. The lowest BCUT2D eigenvalue weighted by Crippen LogP contribution is -2.30. The second-order valence-electron chi connectivity index (χ2n) is 4.65. The van der Waals surface area contributed by atoms with Gasteiger partial charge in [0.15, 0.2) is 6.10 Å². The molecule has 0 saturated heterocycles. The molecule has 0 aliphatic rings. The quantitative estimate of drug-likeness (QED) is 0.321. The fraction of sp³-hybridized carbons (Fsp3) is 0.294. The third-order valence-electron chi connectivity index (χ3n) is 2.85. The van der Waals surface area contributed by atoms with Crippen LogP contribution >= 0.6 is 0 Å². The zero-order chi connectivity index (χ0) is 17.9. The number of hydrogen-bond acceptors (Lipinski definition) is 7. The molecule has 1 rings (SSSR count). The Kier molecular flexibility index (Phi) is 7.90. The van der Waals surface area contributed by atoms with Crippen LogP contribution in [0.4, 0.5) is 0 Å². The molecule has 7 nitrogen and oxygen atoms in total. The summed E-state index contributed by atoms with van der Waals surface area (Å²) in [7, 11) is 1.16. The van der Waals surface area contributed by atoms with Crippen molar-refractivity contribution in [2.75, 3.05) is 7.11 Å². The summed E-state index contributed by atoms with van der Waals surface area (Å²) >= 11 is 0. The molecule has 0 radical (unpaired) electrons. The Morgan fingerprint density at radius 1 is 1.04 bits per heavy atom. The molecule has 0 heterocycles. The van der Waals surface area contributed by atoms with Crippen LogP contribution in [-0.4, -0.2) is 37.1 Å². The Labute approximate surface area is 139 Å². The Hall–Kier alpha value is -2.96. The zero-order valence-electron chi connectivity index (χ0n) is 13.4. The summed E-state index contributed by atoms with van der Waals surface area (Å²) in [5.74, 6) is -3.36. The Balaban J connectivity index is 2.53. The van der Waals surface area contributed by atoms with E-state index in [0.29, 0.717) is 5.56 Å². The van der Waals surface area contributed by atoms with Gasteiger partial charge in [-0.1, -0.05) is 37.3 Å². The van der Waals surface area contributed by atoms with Gasteiger partial charge in [0.1, 0.15) is 0 Å². The van der Waals surface area contributed by atoms with Crippen LogP contribution in [0, 0.1) is 0 Å². The van der Waals surface area contributed by atoms with Crippen LogP contribution in [0.15, 0.2) is 42.5 Å². The monoisotopic (exact) mass is 334 g/mol. The van der Waals surface area contributed by atoms with E-state index in [2.05, 4.69) is 9.47 Å². The highest BCUT2D eigenvalue weighted by Crippen LogP contribution is 2.06. The van der Waals surface area contributed by atoms with Crippen molar-refractivity contribution in [2.24, 2.45) is 0 Å². The maximum absolute atomic E-state index is 11.9. The van der Waals surface area contributed by atoms with Gasteiger partial charge in [0.2, 0.25) is 0 Å². The summed E-state index contributed by atoms with van der Waals surface area (Å²) in [4.78, 5) is 46.0. The van der Waals surface area contributed by atoms with Crippen molar-refractivity contribution in [3.05, 3.63) is 48.0 Å². The highest BCUT2D eigenvalue weighted by Gasteiger charge is 2.24. The van der Waals surface area contributed by atoms with Crippen molar-refractivity contribution >= 4 is 23.9 Å². The van der Waals surface area contributed by atoms with E-state index < -0.39 is 30.0 Å². The van der Waals surface area contributed by atoms with Crippen LogP contribution in [0.5, 0.6) is 0 Å². The first-order valence-corrected chi connectivity index (χ1v) is 7.21. The van der Waals surface area contributed by atoms with Gasteiger partial charge < -0.3 is 14.2 Å². The van der Waals surface area contributed by atoms with E-state index in [-0.39, 0.29) is 12.8 Å². The fourth-order valence-electron chi connectivity index (χ4n) is 1.66. The minimum Gasteiger partial charge on any atom is -0.466 e. The highest BCUT2D eigenvalue weighted by molar-refractivity contribution is 5.94. The highest BCUT2D eigenvalue weighted by atomic mass is 16.6. The van der Waals surface area contributed by atoms with Crippen LogP contribution in [0.1, 0.15) is 18.9 Å². The first-order valence-electron chi connectivity index (χ1n) is 7.21. The van der Waals surface area contributed by atoms with E-state index in [4.69, 9.17) is 4.74 Å². The number of methoxy groups -OCH3 is 1.